The first kappa shape index (κ1) is 22.6. The minimum absolute atomic E-state index is 0.0287. The second-order valence-electron chi connectivity index (χ2n) is 6.39. The maximum Gasteiger partial charge on any atom is 0.296 e. The lowest BCUT2D eigenvalue weighted by molar-refractivity contribution is -0.881. The molecular formula is C20H25N4O6+. The van der Waals surface area contributed by atoms with Crippen LogP contribution in [0.15, 0.2) is 42.5 Å². The molecule has 30 heavy (non-hydrogen) atoms. The Morgan fingerprint density at radius 2 is 1.63 bits per heavy atom. The van der Waals surface area contributed by atoms with Crippen LogP contribution >= 0.6 is 0 Å². The SMILES string of the molecule is CC[NH+](CC(=O)Nc1ccccc1OC)CC(=O)Nc1ccc(OC)cc1[N+](=O)[O-]. The highest BCUT2D eigenvalue weighted by Crippen LogP contribution is 2.28. The van der Waals surface area contributed by atoms with Crippen LogP contribution in [-0.2, 0) is 9.59 Å². The first-order valence-corrected chi connectivity index (χ1v) is 9.26. The molecule has 3 N–H and O–H groups in total. The minimum Gasteiger partial charge on any atom is -0.496 e. The summed E-state index contributed by atoms with van der Waals surface area (Å²) >= 11 is 0. The number of methoxy groups -OCH3 is 2. The molecule has 2 rings (SSSR count). The molecule has 0 aliphatic heterocycles. The Morgan fingerprint density at radius 3 is 2.20 bits per heavy atom. The summed E-state index contributed by atoms with van der Waals surface area (Å²) in [6, 6.07) is 11.2. The fourth-order valence-electron chi connectivity index (χ4n) is 2.80. The van der Waals surface area contributed by atoms with Crippen molar-refractivity contribution in [3.63, 3.8) is 0 Å². The molecule has 0 bridgehead atoms. The van der Waals surface area contributed by atoms with Crippen molar-refractivity contribution >= 4 is 28.9 Å². The highest BCUT2D eigenvalue weighted by molar-refractivity contribution is 5.95. The zero-order chi connectivity index (χ0) is 22.1. The Bertz CT molecular complexity index is 918. The van der Waals surface area contributed by atoms with Crippen LogP contribution < -0.4 is 25.0 Å². The number of benzene rings is 2. The molecule has 0 saturated carbocycles. The normalized spacial score (nSPS) is 11.3. The summed E-state index contributed by atoms with van der Waals surface area (Å²) in [4.78, 5) is 36.1. The zero-order valence-electron chi connectivity index (χ0n) is 17.1. The fourth-order valence-corrected chi connectivity index (χ4v) is 2.80. The molecule has 10 heteroatoms. The van der Waals surface area contributed by atoms with Crippen LogP contribution in [0, 0.1) is 10.1 Å². The van der Waals surface area contributed by atoms with E-state index < -0.39 is 10.8 Å². The standard InChI is InChI=1S/C20H24N4O6/c1-4-23(13-20(26)22-16-7-5-6-8-18(16)30-3)12-19(25)21-15-10-9-14(29-2)11-17(15)24(27)28/h5-11H,4,12-13H2,1-3H3,(H,21,25)(H,22,26)/p+1. The molecule has 10 nitrogen and oxygen atoms in total. The minimum atomic E-state index is -0.594. The van der Waals surface area contributed by atoms with E-state index in [2.05, 4.69) is 10.6 Å². The molecule has 0 radical (unpaired) electrons. The Hall–Kier alpha value is -3.66. The molecule has 0 fully saturated rings. The average Bonchev–Trinajstić information content (AvgIpc) is 2.73. The van der Waals surface area contributed by atoms with E-state index in [0.29, 0.717) is 28.6 Å². The van der Waals surface area contributed by atoms with Gasteiger partial charge in [0.25, 0.3) is 17.5 Å². The largest absolute Gasteiger partial charge is 0.496 e. The summed E-state index contributed by atoms with van der Waals surface area (Å²) in [5, 5.41) is 16.6. The van der Waals surface area contributed by atoms with Gasteiger partial charge in [0.1, 0.15) is 17.2 Å². The van der Waals surface area contributed by atoms with Crippen molar-refractivity contribution in [2.45, 2.75) is 6.92 Å². The van der Waals surface area contributed by atoms with Crippen LogP contribution in [0.3, 0.4) is 0 Å². The molecular weight excluding hydrogens is 392 g/mol. The van der Waals surface area contributed by atoms with E-state index in [1.54, 1.807) is 24.3 Å². The summed E-state index contributed by atoms with van der Waals surface area (Å²) < 4.78 is 10.2. The summed E-state index contributed by atoms with van der Waals surface area (Å²) in [6.07, 6.45) is 0. The average molecular weight is 417 g/mol. The Labute approximate surface area is 173 Å². The Kier molecular flexibility index (Phi) is 8.12. The first-order chi connectivity index (χ1) is 14.4. The number of carbonyl (C=O) groups excluding carboxylic acids is 2. The summed E-state index contributed by atoms with van der Waals surface area (Å²) in [6.45, 7) is 2.37. The first-order valence-electron chi connectivity index (χ1n) is 9.26. The van der Waals surface area contributed by atoms with E-state index in [0.717, 1.165) is 0 Å². The van der Waals surface area contributed by atoms with Gasteiger partial charge in [-0.2, -0.15) is 0 Å². The maximum atomic E-state index is 12.4. The number of para-hydroxylation sites is 2. The number of hydrogen-bond donors (Lipinski definition) is 3. The number of amides is 2. The quantitative estimate of drug-likeness (QED) is 0.393. The molecule has 2 amide bonds. The number of likely N-dealkylation sites (N-methyl/N-ethyl adjacent to an activating group) is 1. The smallest absolute Gasteiger partial charge is 0.296 e. The third kappa shape index (κ3) is 6.17. The Balaban J connectivity index is 1.99. The van der Waals surface area contributed by atoms with Crippen molar-refractivity contribution in [3.05, 3.63) is 52.6 Å². The number of rotatable bonds is 10. The fraction of sp³-hybridized carbons (Fsp3) is 0.300. The predicted octanol–water partition coefficient (Wildman–Crippen LogP) is 1.09. The van der Waals surface area contributed by atoms with Gasteiger partial charge in [0.05, 0.1) is 37.4 Å². The van der Waals surface area contributed by atoms with Crippen LogP contribution in [0.4, 0.5) is 17.1 Å². The number of nitro benzene ring substituents is 1. The van der Waals surface area contributed by atoms with Gasteiger partial charge in [-0.1, -0.05) is 12.1 Å². The van der Waals surface area contributed by atoms with Crippen LogP contribution in [0.2, 0.25) is 0 Å². The van der Waals surface area contributed by atoms with Gasteiger partial charge in [-0.15, -0.1) is 0 Å². The Morgan fingerprint density at radius 1 is 1.00 bits per heavy atom. The highest BCUT2D eigenvalue weighted by atomic mass is 16.6. The molecule has 2 aromatic rings. The van der Waals surface area contributed by atoms with Crippen LogP contribution in [0.5, 0.6) is 11.5 Å². The number of anilines is 2. The summed E-state index contributed by atoms with van der Waals surface area (Å²) in [5.74, 6) is 0.131. The molecule has 2 aromatic carbocycles. The molecule has 160 valence electrons. The van der Waals surface area contributed by atoms with E-state index in [9.17, 15) is 19.7 Å². The number of nitrogens with zero attached hydrogens (tertiary/aromatic N) is 1. The van der Waals surface area contributed by atoms with Crippen molar-refractivity contribution in [1.82, 2.24) is 0 Å². The van der Waals surface area contributed by atoms with Crippen molar-refractivity contribution < 1.29 is 28.9 Å². The zero-order valence-corrected chi connectivity index (χ0v) is 17.1. The molecule has 1 unspecified atom stereocenters. The molecule has 0 spiro atoms. The van der Waals surface area contributed by atoms with Gasteiger partial charge in [-0.25, -0.2) is 0 Å². The molecule has 0 aliphatic rings. The molecule has 1 atom stereocenters. The van der Waals surface area contributed by atoms with E-state index in [1.807, 2.05) is 6.92 Å². The van der Waals surface area contributed by atoms with Crippen molar-refractivity contribution in [2.75, 3.05) is 44.5 Å². The molecule has 0 aliphatic carbocycles. The van der Waals surface area contributed by atoms with E-state index >= 15 is 0 Å². The molecule has 0 heterocycles. The van der Waals surface area contributed by atoms with Crippen LogP contribution in [0.1, 0.15) is 6.92 Å². The second-order valence-corrected chi connectivity index (χ2v) is 6.39. The van der Waals surface area contributed by atoms with Crippen LogP contribution in [0.25, 0.3) is 0 Å². The molecule has 0 aromatic heterocycles. The van der Waals surface area contributed by atoms with Gasteiger partial charge in [0.15, 0.2) is 13.1 Å². The lowest BCUT2D eigenvalue weighted by Crippen LogP contribution is -3.13. The van der Waals surface area contributed by atoms with Gasteiger partial charge in [0, 0.05) is 0 Å². The lowest BCUT2D eigenvalue weighted by Gasteiger charge is -2.17. The van der Waals surface area contributed by atoms with Gasteiger partial charge < -0.3 is 25.0 Å². The van der Waals surface area contributed by atoms with Gasteiger partial charge in [0.2, 0.25) is 0 Å². The summed E-state index contributed by atoms with van der Waals surface area (Å²) in [7, 11) is 2.91. The van der Waals surface area contributed by atoms with E-state index in [1.165, 1.54) is 32.4 Å². The van der Waals surface area contributed by atoms with Crippen molar-refractivity contribution in [2.24, 2.45) is 0 Å². The highest BCUT2D eigenvalue weighted by Gasteiger charge is 2.21. The second kappa shape index (κ2) is 10.8. The summed E-state index contributed by atoms with van der Waals surface area (Å²) in [5.41, 5.74) is 0.341. The van der Waals surface area contributed by atoms with Gasteiger partial charge in [-0.05, 0) is 31.2 Å². The van der Waals surface area contributed by atoms with Crippen molar-refractivity contribution in [1.29, 1.82) is 0 Å². The number of carbonyl (C=O) groups is 2. The monoisotopic (exact) mass is 417 g/mol. The van der Waals surface area contributed by atoms with Crippen LogP contribution in [-0.4, -0.2) is 50.6 Å². The van der Waals surface area contributed by atoms with Crippen molar-refractivity contribution in [3.8, 4) is 11.5 Å². The lowest BCUT2D eigenvalue weighted by atomic mass is 10.2. The third-order valence-electron chi connectivity index (χ3n) is 4.38. The number of nitro groups is 1. The predicted molar refractivity (Wildman–Crippen MR) is 111 cm³/mol. The molecule has 0 saturated heterocycles. The van der Waals surface area contributed by atoms with Gasteiger partial charge in [-0.3, -0.25) is 19.7 Å². The van der Waals surface area contributed by atoms with Gasteiger partial charge >= 0.3 is 0 Å². The van der Waals surface area contributed by atoms with E-state index in [4.69, 9.17) is 9.47 Å². The topological polar surface area (TPSA) is 124 Å². The maximum absolute atomic E-state index is 12.4. The number of nitrogens with one attached hydrogen (secondary N) is 3. The number of hydrogen-bond acceptors (Lipinski definition) is 6. The third-order valence-corrected chi connectivity index (χ3v) is 4.38. The number of quaternary nitrogens is 1. The van der Waals surface area contributed by atoms with E-state index in [-0.39, 0.29) is 30.4 Å². The number of ether oxygens (including phenoxy) is 2.